The lowest BCUT2D eigenvalue weighted by Gasteiger charge is -2.17. The van der Waals surface area contributed by atoms with Crippen LogP contribution >= 0.6 is 11.6 Å². The van der Waals surface area contributed by atoms with E-state index in [-0.39, 0.29) is 5.91 Å². The van der Waals surface area contributed by atoms with Gasteiger partial charge in [0.15, 0.2) is 0 Å². The Bertz CT molecular complexity index is 899. The second-order valence-electron chi connectivity index (χ2n) is 5.58. The topological polar surface area (TPSA) is 58.1 Å². The van der Waals surface area contributed by atoms with Gasteiger partial charge >= 0.3 is 0 Å². The quantitative estimate of drug-likeness (QED) is 0.753. The number of carbonyl (C=O) groups excluding carboxylic acids is 1. The highest BCUT2D eigenvalue weighted by atomic mass is 35.5. The summed E-state index contributed by atoms with van der Waals surface area (Å²) in [7, 11) is 1.71. The molecule has 3 rings (SSSR count). The van der Waals surface area contributed by atoms with Gasteiger partial charge in [-0.25, -0.2) is 9.97 Å². The molecule has 0 radical (unpaired) electrons. The molecule has 1 amide bonds. The molecule has 0 atom stereocenters. The van der Waals surface area contributed by atoms with E-state index in [0.29, 0.717) is 16.5 Å². The Hall–Kier alpha value is -2.92. The minimum absolute atomic E-state index is 0.210. The van der Waals surface area contributed by atoms with Gasteiger partial charge in [0.1, 0.15) is 17.8 Å². The van der Waals surface area contributed by atoms with Crippen molar-refractivity contribution in [2.75, 3.05) is 17.3 Å². The summed E-state index contributed by atoms with van der Waals surface area (Å²) in [6, 6.07) is 16.7. The number of halogens is 1. The van der Waals surface area contributed by atoms with E-state index >= 15 is 0 Å². The Morgan fingerprint density at radius 3 is 2.56 bits per heavy atom. The first-order chi connectivity index (χ1) is 12.0. The van der Waals surface area contributed by atoms with Gasteiger partial charge in [-0.15, -0.1) is 0 Å². The summed E-state index contributed by atoms with van der Waals surface area (Å²) < 4.78 is 0. The molecule has 5 nitrogen and oxygen atoms in total. The van der Waals surface area contributed by atoms with Crippen LogP contribution in [0.5, 0.6) is 0 Å². The minimum atomic E-state index is -0.210. The molecule has 3 aromatic rings. The number of rotatable bonds is 4. The molecule has 1 N–H and O–H groups in total. The van der Waals surface area contributed by atoms with Crippen molar-refractivity contribution in [3.63, 3.8) is 0 Å². The normalized spacial score (nSPS) is 10.4. The second kappa shape index (κ2) is 7.32. The Kier molecular flexibility index (Phi) is 4.95. The molecule has 0 saturated heterocycles. The summed E-state index contributed by atoms with van der Waals surface area (Å²) in [5.74, 6) is 0.318. The molecule has 0 bridgehead atoms. The van der Waals surface area contributed by atoms with Crippen LogP contribution in [-0.4, -0.2) is 22.9 Å². The van der Waals surface area contributed by atoms with Crippen LogP contribution in [0.1, 0.15) is 16.1 Å². The maximum Gasteiger partial charge on any atom is 0.276 e. The van der Waals surface area contributed by atoms with Crippen LogP contribution in [0.4, 0.5) is 17.2 Å². The molecular formula is C19H17ClN4O. The van der Waals surface area contributed by atoms with Crippen molar-refractivity contribution in [1.29, 1.82) is 0 Å². The average molecular weight is 353 g/mol. The Morgan fingerprint density at radius 2 is 1.84 bits per heavy atom. The van der Waals surface area contributed by atoms with Crippen molar-refractivity contribution in [3.05, 3.63) is 77.2 Å². The lowest BCUT2D eigenvalue weighted by Crippen LogP contribution is -2.27. The molecule has 0 saturated carbocycles. The number of aryl methyl sites for hydroxylation is 1. The Balaban J connectivity index is 1.81. The van der Waals surface area contributed by atoms with E-state index in [1.165, 1.54) is 6.33 Å². The number of benzene rings is 2. The number of hydrogen-bond donors (Lipinski definition) is 1. The third-order valence-electron chi connectivity index (χ3n) is 3.78. The van der Waals surface area contributed by atoms with Gasteiger partial charge in [-0.1, -0.05) is 35.9 Å². The Morgan fingerprint density at radius 1 is 1.08 bits per heavy atom. The van der Waals surface area contributed by atoms with Gasteiger partial charge in [0.05, 0.1) is 0 Å². The van der Waals surface area contributed by atoms with Gasteiger partial charge in [-0.3, -0.25) is 4.79 Å². The molecule has 6 heteroatoms. The summed E-state index contributed by atoms with van der Waals surface area (Å²) in [6.07, 6.45) is 1.37. The molecule has 25 heavy (non-hydrogen) atoms. The highest BCUT2D eigenvalue weighted by Gasteiger charge is 2.15. The average Bonchev–Trinajstić information content (AvgIpc) is 2.64. The van der Waals surface area contributed by atoms with Crippen LogP contribution in [0.15, 0.2) is 60.9 Å². The largest absolute Gasteiger partial charge is 0.340 e. The number of anilines is 3. The van der Waals surface area contributed by atoms with Crippen molar-refractivity contribution < 1.29 is 4.79 Å². The zero-order chi connectivity index (χ0) is 17.8. The third-order valence-corrected chi connectivity index (χ3v) is 4.19. The number of aromatic nitrogens is 2. The SMILES string of the molecule is Cc1ccc(Nc2cc(C(=O)N(C)c3ccccc3)ncn2)cc1Cl. The summed E-state index contributed by atoms with van der Waals surface area (Å²) in [4.78, 5) is 22.4. The van der Waals surface area contributed by atoms with E-state index in [2.05, 4.69) is 15.3 Å². The van der Waals surface area contributed by atoms with Crippen molar-refractivity contribution in [2.45, 2.75) is 6.92 Å². The highest BCUT2D eigenvalue weighted by molar-refractivity contribution is 6.31. The number of para-hydroxylation sites is 1. The van der Waals surface area contributed by atoms with Crippen LogP contribution in [0.3, 0.4) is 0 Å². The number of amides is 1. The first-order valence-corrected chi connectivity index (χ1v) is 8.11. The predicted molar refractivity (Wildman–Crippen MR) is 101 cm³/mol. The minimum Gasteiger partial charge on any atom is -0.340 e. The van der Waals surface area contributed by atoms with Crippen LogP contribution in [0.25, 0.3) is 0 Å². The molecule has 1 aromatic heterocycles. The molecule has 0 aliphatic carbocycles. The zero-order valence-corrected chi connectivity index (χ0v) is 14.7. The second-order valence-corrected chi connectivity index (χ2v) is 5.98. The number of hydrogen-bond acceptors (Lipinski definition) is 4. The van der Waals surface area contributed by atoms with Gasteiger partial charge in [-0.05, 0) is 36.8 Å². The van der Waals surface area contributed by atoms with E-state index < -0.39 is 0 Å². The van der Waals surface area contributed by atoms with E-state index in [1.54, 1.807) is 18.0 Å². The Labute approximate surface area is 151 Å². The summed E-state index contributed by atoms with van der Waals surface area (Å²) in [6.45, 7) is 1.94. The molecule has 0 fully saturated rings. The molecule has 0 spiro atoms. The fraction of sp³-hybridized carbons (Fsp3) is 0.105. The van der Waals surface area contributed by atoms with Crippen molar-refractivity contribution in [2.24, 2.45) is 0 Å². The number of nitrogens with one attached hydrogen (secondary N) is 1. The number of carbonyl (C=O) groups is 1. The summed E-state index contributed by atoms with van der Waals surface area (Å²) >= 11 is 6.14. The lowest BCUT2D eigenvalue weighted by molar-refractivity contribution is 0.0988. The van der Waals surface area contributed by atoms with Crippen molar-refractivity contribution in [1.82, 2.24) is 9.97 Å². The van der Waals surface area contributed by atoms with E-state index in [1.807, 2.05) is 55.5 Å². The summed E-state index contributed by atoms with van der Waals surface area (Å²) in [5, 5.41) is 3.81. The van der Waals surface area contributed by atoms with Crippen molar-refractivity contribution >= 4 is 34.7 Å². The summed E-state index contributed by atoms with van der Waals surface area (Å²) in [5.41, 5.74) is 2.90. The lowest BCUT2D eigenvalue weighted by atomic mass is 10.2. The fourth-order valence-electron chi connectivity index (χ4n) is 2.30. The van der Waals surface area contributed by atoms with Crippen molar-refractivity contribution in [3.8, 4) is 0 Å². The molecule has 0 unspecified atom stereocenters. The van der Waals surface area contributed by atoms with Gasteiger partial charge in [0.2, 0.25) is 0 Å². The molecule has 126 valence electrons. The van der Waals surface area contributed by atoms with Gasteiger partial charge in [-0.2, -0.15) is 0 Å². The zero-order valence-electron chi connectivity index (χ0n) is 13.9. The fourth-order valence-corrected chi connectivity index (χ4v) is 2.48. The van der Waals surface area contributed by atoms with Crippen LogP contribution in [0.2, 0.25) is 5.02 Å². The molecular weight excluding hydrogens is 336 g/mol. The standard InChI is InChI=1S/C19H17ClN4O/c1-13-8-9-14(10-16(13)20)23-18-11-17(21-12-22-18)19(25)24(2)15-6-4-3-5-7-15/h3-12H,1-2H3,(H,21,22,23). The molecule has 0 aliphatic rings. The highest BCUT2D eigenvalue weighted by Crippen LogP contribution is 2.23. The predicted octanol–water partition coefficient (Wildman–Crippen LogP) is 4.46. The maximum atomic E-state index is 12.6. The third kappa shape index (κ3) is 3.95. The van der Waals surface area contributed by atoms with E-state index in [4.69, 9.17) is 11.6 Å². The van der Waals surface area contributed by atoms with Gasteiger partial charge in [0, 0.05) is 29.5 Å². The van der Waals surface area contributed by atoms with E-state index in [9.17, 15) is 4.79 Å². The van der Waals surface area contributed by atoms with Gasteiger partial charge < -0.3 is 10.2 Å². The smallest absolute Gasteiger partial charge is 0.276 e. The molecule has 1 heterocycles. The van der Waals surface area contributed by atoms with Crippen LogP contribution in [0, 0.1) is 6.92 Å². The van der Waals surface area contributed by atoms with Gasteiger partial charge in [0.25, 0.3) is 5.91 Å². The monoisotopic (exact) mass is 352 g/mol. The first-order valence-electron chi connectivity index (χ1n) is 7.73. The maximum absolute atomic E-state index is 12.6. The number of nitrogens with zero attached hydrogens (tertiary/aromatic N) is 3. The van der Waals surface area contributed by atoms with E-state index in [0.717, 1.165) is 16.9 Å². The first kappa shape index (κ1) is 16.9. The molecule has 2 aromatic carbocycles. The van der Waals surface area contributed by atoms with Crippen LogP contribution in [-0.2, 0) is 0 Å². The molecule has 0 aliphatic heterocycles. The van der Waals surface area contributed by atoms with Crippen LogP contribution < -0.4 is 10.2 Å².